The van der Waals surface area contributed by atoms with Crippen LogP contribution in [0.15, 0.2) is 42.6 Å². The van der Waals surface area contributed by atoms with Crippen molar-refractivity contribution in [2.24, 2.45) is 0 Å². The van der Waals surface area contributed by atoms with E-state index in [2.05, 4.69) is 11.1 Å². The first kappa shape index (κ1) is 22.2. The second-order valence-electron chi connectivity index (χ2n) is 8.23. The SMILES string of the molecule is COc1cc2c(cc1OC)[C@H](CCc1c[nH]c3ccccc13)N(C(=O)CS(C)(=O)=O)CC2. The van der Waals surface area contributed by atoms with Gasteiger partial charge in [-0.25, -0.2) is 8.42 Å². The number of amides is 1. The number of aryl methyl sites for hydroxylation is 1. The molecule has 4 rings (SSSR count). The van der Waals surface area contributed by atoms with Gasteiger partial charge in [0.15, 0.2) is 21.3 Å². The van der Waals surface area contributed by atoms with Crippen molar-refractivity contribution in [3.8, 4) is 11.5 Å². The van der Waals surface area contributed by atoms with E-state index in [1.165, 1.54) is 5.56 Å². The van der Waals surface area contributed by atoms with Crippen LogP contribution in [-0.4, -0.2) is 57.0 Å². The fraction of sp³-hybridized carbons (Fsp3) is 0.375. The van der Waals surface area contributed by atoms with E-state index in [4.69, 9.17) is 9.47 Å². The molecular formula is C24H28N2O5S. The van der Waals surface area contributed by atoms with E-state index in [-0.39, 0.29) is 11.9 Å². The van der Waals surface area contributed by atoms with Crippen molar-refractivity contribution in [2.75, 3.05) is 32.8 Å². The van der Waals surface area contributed by atoms with Crippen LogP contribution in [0.3, 0.4) is 0 Å². The molecule has 2 aromatic carbocycles. The third-order valence-corrected chi connectivity index (χ3v) is 6.84. The molecule has 2 heterocycles. The van der Waals surface area contributed by atoms with Gasteiger partial charge < -0.3 is 19.4 Å². The summed E-state index contributed by atoms with van der Waals surface area (Å²) in [6, 6.07) is 11.8. The predicted octanol–water partition coefficient (Wildman–Crippen LogP) is 3.29. The number of hydrogen-bond donors (Lipinski definition) is 1. The van der Waals surface area contributed by atoms with E-state index in [0.29, 0.717) is 30.9 Å². The zero-order valence-electron chi connectivity index (χ0n) is 18.6. The van der Waals surface area contributed by atoms with Crippen molar-refractivity contribution >= 4 is 26.6 Å². The number of methoxy groups -OCH3 is 2. The molecule has 0 radical (unpaired) electrons. The number of aromatic nitrogens is 1. The molecule has 0 bridgehead atoms. The van der Waals surface area contributed by atoms with Gasteiger partial charge in [-0.2, -0.15) is 0 Å². The number of H-pyrrole nitrogens is 1. The Morgan fingerprint density at radius 3 is 2.59 bits per heavy atom. The number of nitrogens with one attached hydrogen (secondary N) is 1. The van der Waals surface area contributed by atoms with Crippen LogP contribution in [0.5, 0.6) is 11.5 Å². The van der Waals surface area contributed by atoms with E-state index >= 15 is 0 Å². The van der Waals surface area contributed by atoms with Crippen LogP contribution in [0, 0.1) is 0 Å². The fourth-order valence-electron chi connectivity index (χ4n) is 4.58. The molecule has 32 heavy (non-hydrogen) atoms. The van der Waals surface area contributed by atoms with Gasteiger partial charge in [-0.3, -0.25) is 4.79 Å². The van der Waals surface area contributed by atoms with Crippen LogP contribution in [0.4, 0.5) is 0 Å². The molecule has 8 heteroatoms. The first-order valence-electron chi connectivity index (χ1n) is 10.6. The van der Waals surface area contributed by atoms with Gasteiger partial charge in [-0.05, 0) is 54.2 Å². The molecule has 1 aliphatic rings. The Hall–Kier alpha value is -3.00. The minimum atomic E-state index is -3.42. The highest BCUT2D eigenvalue weighted by atomic mass is 32.2. The number of ether oxygens (including phenoxy) is 2. The summed E-state index contributed by atoms with van der Waals surface area (Å²) < 4.78 is 34.6. The zero-order chi connectivity index (χ0) is 22.9. The Kier molecular flexibility index (Phi) is 6.15. The molecule has 0 spiro atoms. The highest BCUT2D eigenvalue weighted by Gasteiger charge is 2.33. The summed E-state index contributed by atoms with van der Waals surface area (Å²) in [5.74, 6) is 0.398. The van der Waals surface area contributed by atoms with Crippen molar-refractivity contribution in [1.29, 1.82) is 0 Å². The van der Waals surface area contributed by atoms with Crippen molar-refractivity contribution in [2.45, 2.75) is 25.3 Å². The van der Waals surface area contributed by atoms with Gasteiger partial charge >= 0.3 is 0 Å². The van der Waals surface area contributed by atoms with E-state index in [9.17, 15) is 13.2 Å². The van der Waals surface area contributed by atoms with Crippen molar-refractivity contribution in [3.63, 3.8) is 0 Å². The highest BCUT2D eigenvalue weighted by Crippen LogP contribution is 2.40. The van der Waals surface area contributed by atoms with Gasteiger partial charge in [-0.15, -0.1) is 0 Å². The average Bonchev–Trinajstić information content (AvgIpc) is 3.18. The highest BCUT2D eigenvalue weighted by molar-refractivity contribution is 7.91. The molecule has 0 aliphatic carbocycles. The minimum Gasteiger partial charge on any atom is -0.493 e. The summed E-state index contributed by atoms with van der Waals surface area (Å²) in [7, 11) is -0.240. The monoisotopic (exact) mass is 456 g/mol. The van der Waals surface area contributed by atoms with Crippen LogP contribution in [-0.2, 0) is 27.5 Å². The van der Waals surface area contributed by atoms with Crippen LogP contribution in [0.1, 0.15) is 29.2 Å². The number of fused-ring (bicyclic) bond motifs is 2. The Bertz CT molecular complexity index is 1250. The van der Waals surface area contributed by atoms with E-state index in [1.54, 1.807) is 19.1 Å². The van der Waals surface area contributed by atoms with Gasteiger partial charge in [0.2, 0.25) is 5.91 Å². The summed E-state index contributed by atoms with van der Waals surface area (Å²) >= 11 is 0. The lowest BCUT2D eigenvalue weighted by atomic mass is 9.88. The third kappa shape index (κ3) is 4.46. The second kappa shape index (κ2) is 8.86. The summed E-state index contributed by atoms with van der Waals surface area (Å²) in [6.45, 7) is 0.468. The number of hydrogen-bond acceptors (Lipinski definition) is 5. The van der Waals surface area contributed by atoms with Gasteiger partial charge in [0, 0.05) is 29.9 Å². The van der Waals surface area contributed by atoms with Crippen molar-refractivity contribution in [1.82, 2.24) is 9.88 Å². The van der Waals surface area contributed by atoms with Gasteiger partial charge in [-0.1, -0.05) is 18.2 Å². The first-order valence-corrected chi connectivity index (χ1v) is 12.6. The number of sulfone groups is 1. The maximum absolute atomic E-state index is 13.0. The fourth-order valence-corrected chi connectivity index (χ4v) is 5.19. The summed E-state index contributed by atoms with van der Waals surface area (Å²) in [4.78, 5) is 18.0. The van der Waals surface area contributed by atoms with E-state index in [0.717, 1.165) is 34.7 Å². The number of benzene rings is 2. The quantitative estimate of drug-likeness (QED) is 0.589. The van der Waals surface area contributed by atoms with Crippen LogP contribution >= 0.6 is 0 Å². The second-order valence-corrected chi connectivity index (χ2v) is 10.4. The van der Waals surface area contributed by atoms with Crippen molar-refractivity contribution in [3.05, 3.63) is 59.3 Å². The van der Waals surface area contributed by atoms with Crippen LogP contribution in [0.2, 0.25) is 0 Å². The van der Waals surface area contributed by atoms with E-state index in [1.807, 2.05) is 36.5 Å². The Balaban J connectivity index is 1.70. The molecule has 7 nitrogen and oxygen atoms in total. The van der Waals surface area contributed by atoms with Gasteiger partial charge in [0.05, 0.1) is 20.3 Å². The largest absolute Gasteiger partial charge is 0.493 e. The number of para-hydroxylation sites is 1. The number of rotatable bonds is 7. The predicted molar refractivity (Wildman–Crippen MR) is 124 cm³/mol. The standard InChI is InChI=1S/C24H28N2O5S/c1-30-22-12-16-10-11-26(24(27)15-32(3,28)29)21(19(16)13-23(22)31-2)9-8-17-14-25-20-7-5-4-6-18(17)20/h4-7,12-14,21,25H,8-11,15H2,1-3H3/t21-/m0/s1. The average molecular weight is 457 g/mol. The first-order chi connectivity index (χ1) is 15.3. The number of nitrogens with zero attached hydrogens (tertiary/aromatic N) is 1. The summed E-state index contributed by atoms with van der Waals surface area (Å²) in [5, 5.41) is 1.16. The zero-order valence-corrected chi connectivity index (χ0v) is 19.4. The Morgan fingerprint density at radius 2 is 1.88 bits per heavy atom. The molecule has 3 aromatic rings. The molecular weight excluding hydrogens is 428 g/mol. The topological polar surface area (TPSA) is 88.7 Å². The van der Waals surface area contributed by atoms with Crippen molar-refractivity contribution < 1.29 is 22.7 Å². The molecule has 1 amide bonds. The Labute approximate surface area is 188 Å². The van der Waals surface area contributed by atoms with E-state index < -0.39 is 15.6 Å². The van der Waals surface area contributed by atoms with Gasteiger partial charge in [0.1, 0.15) is 5.75 Å². The smallest absolute Gasteiger partial charge is 0.238 e. The lowest BCUT2D eigenvalue weighted by Crippen LogP contribution is -2.43. The molecule has 0 saturated heterocycles. The summed E-state index contributed by atoms with van der Waals surface area (Å²) in [6.07, 6.45) is 5.14. The molecule has 1 aliphatic heterocycles. The molecule has 0 unspecified atom stereocenters. The number of carbonyl (C=O) groups is 1. The number of aromatic amines is 1. The molecule has 1 aromatic heterocycles. The molecule has 1 atom stereocenters. The molecule has 0 saturated carbocycles. The molecule has 1 N–H and O–H groups in total. The maximum atomic E-state index is 13.0. The molecule has 0 fully saturated rings. The lowest BCUT2D eigenvalue weighted by molar-refractivity contribution is -0.131. The summed E-state index contributed by atoms with van der Waals surface area (Å²) in [5.41, 5.74) is 4.32. The Morgan fingerprint density at radius 1 is 1.16 bits per heavy atom. The maximum Gasteiger partial charge on any atom is 0.238 e. The lowest BCUT2D eigenvalue weighted by Gasteiger charge is -2.38. The minimum absolute atomic E-state index is 0.249. The van der Waals surface area contributed by atoms with Crippen LogP contribution < -0.4 is 9.47 Å². The number of carbonyl (C=O) groups excluding carboxylic acids is 1. The normalized spacial score (nSPS) is 16.1. The van der Waals surface area contributed by atoms with Crippen LogP contribution in [0.25, 0.3) is 10.9 Å². The molecule has 170 valence electrons. The van der Waals surface area contributed by atoms with Gasteiger partial charge in [0.25, 0.3) is 0 Å². The third-order valence-electron chi connectivity index (χ3n) is 6.07.